The standard InChI is InChI=1S/C14H24N4/c1-3-4-8-17(2)13-11-14(16-12-15-13)18-9-6-5-7-10-18/h11-12H,3-10H2,1-2H3. The van der Waals surface area contributed by atoms with Gasteiger partial charge in [0.05, 0.1) is 0 Å². The van der Waals surface area contributed by atoms with E-state index in [1.807, 2.05) is 0 Å². The fraction of sp³-hybridized carbons (Fsp3) is 0.714. The summed E-state index contributed by atoms with van der Waals surface area (Å²) in [6.07, 6.45) is 8.04. The van der Waals surface area contributed by atoms with Gasteiger partial charge < -0.3 is 9.80 Å². The summed E-state index contributed by atoms with van der Waals surface area (Å²) >= 11 is 0. The lowest BCUT2D eigenvalue weighted by Gasteiger charge is -2.28. The van der Waals surface area contributed by atoms with Crippen LogP contribution in [-0.2, 0) is 0 Å². The quantitative estimate of drug-likeness (QED) is 0.802. The second kappa shape index (κ2) is 6.57. The van der Waals surface area contributed by atoms with E-state index in [4.69, 9.17) is 0 Å². The fourth-order valence-electron chi connectivity index (χ4n) is 2.35. The van der Waals surface area contributed by atoms with Crippen LogP contribution in [0.1, 0.15) is 39.0 Å². The fourth-order valence-corrected chi connectivity index (χ4v) is 2.35. The molecule has 0 unspecified atom stereocenters. The van der Waals surface area contributed by atoms with Gasteiger partial charge in [0.25, 0.3) is 0 Å². The Kier molecular flexibility index (Phi) is 4.79. The zero-order chi connectivity index (χ0) is 12.8. The van der Waals surface area contributed by atoms with Gasteiger partial charge in [-0.2, -0.15) is 0 Å². The van der Waals surface area contributed by atoms with Crippen molar-refractivity contribution in [3.8, 4) is 0 Å². The van der Waals surface area contributed by atoms with Gasteiger partial charge >= 0.3 is 0 Å². The van der Waals surface area contributed by atoms with Crippen LogP contribution < -0.4 is 9.80 Å². The van der Waals surface area contributed by atoms with Crippen molar-refractivity contribution in [3.63, 3.8) is 0 Å². The molecule has 18 heavy (non-hydrogen) atoms. The first-order valence-electron chi connectivity index (χ1n) is 7.09. The van der Waals surface area contributed by atoms with E-state index in [-0.39, 0.29) is 0 Å². The molecule has 0 radical (unpaired) electrons. The van der Waals surface area contributed by atoms with Crippen LogP contribution in [0.25, 0.3) is 0 Å². The first-order chi connectivity index (χ1) is 8.81. The van der Waals surface area contributed by atoms with Crippen LogP contribution in [0.2, 0.25) is 0 Å². The maximum atomic E-state index is 4.41. The summed E-state index contributed by atoms with van der Waals surface area (Å²) in [4.78, 5) is 13.4. The molecule has 2 rings (SSSR count). The number of unbranched alkanes of at least 4 members (excludes halogenated alkanes) is 1. The van der Waals surface area contributed by atoms with Gasteiger partial charge in [-0.25, -0.2) is 9.97 Å². The highest BCUT2D eigenvalue weighted by atomic mass is 15.2. The third-order valence-corrected chi connectivity index (χ3v) is 3.56. The summed E-state index contributed by atoms with van der Waals surface area (Å²) in [5, 5.41) is 0. The Morgan fingerprint density at radius 1 is 1.22 bits per heavy atom. The Morgan fingerprint density at radius 3 is 2.72 bits per heavy atom. The Labute approximate surface area is 110 Å². The summed E-state index contributed by atoms with van der Waals surface area (Å²) < 4.78 is 0. The molecule has 0 aliphatic carbocycles. The number of hydrogen-bond acceptors (Lipinski definition) is 4. The second-order valence-corrected chi connectivity index (χ2v) is 5.06. The summed E-state index contributed by atoms with van der Waals surface area (Å²) in [5.74, 6) is 2.13. The van der Waals surface area contributed by atoms with Crippen molar-refractivity contribution in [3.05, 3.63) is 12.4 Å². The van der Waals surface area contributed by atoms with Crippen molar-refractivity contribution in [1.82, 2.24) is 9.97 Å². The summed E-state index contributed by atoms with van der Waals surface area (Å²) in [6, 6.07) is 2.13. The third kappa shape index (κ3) is 3.34. The van der Waals surface area contributed by atoms with Gasteiger partial charge in [-0.3, -0.25) is 0 Å². The molecule has 1 aromatic rings. The van der Waals surface area contributed by atoms with E-state index in [0.29, 0.717) is 0 Å². The maximum absolute atomic E-state index is 4.41. The third-order valence-electron chi connectivity index (χ3n) is 3.56. The molecule has 0 aromatic carbocycles. The SMILES string of the molecule is CCCCN(C)c1cc(N2CCCCC2)ncn1. The predicted octanol–water partition coefficient (Wildman–Crippen LogP) is 2.70. The molecular formula is C14H24N4. The van der Waals surface area contributed by atoms with Crippen LogP contribution in [0, 0.1) is 0 Å². The molecule has 0 spiro atoms. The molecule has 1 fully saturated rings. The van der Waals surface area contributed by atoms with E-state index in [2.05, 4.69) is 39.8 Å². The van der Waals surface area contributed by atoms with Crippen LogP contribution in [0.5, 0.6) is 0 Å². The van der Waals surface area contributed by atoms with Crippen LogP contribution >= 0.6 is 0 Å². The van der Waals surface area contributed by atoms with E-state index in [9.17, 15) is 0 Å². The second-order valence-electron chi connectivity index (χ2n) is 5.06. The van der Waals surface area contributed by atoms with Gasteiger partial charge in [0.2, 0.25) is 0 Å². The zero-order valence-corrected chi connectivity index (χ0v) is 11.6. The summed E-state index contributed by atoms with van der Waals surface area (Å²) in [5.41, 5.74) is 0. The molecule has 0 saturated carbocycles. The minimum Gasteiger partial charge on any atom is -0.360 e. The van der Waals surface area contributed by atoms with E-state index >= 15 is 0 Å². The smallest absolute Gasteiger partial charge is 0.134 e. The average Bonchev–Trinajstić information content (AvgIpc) is 2.46. The van der Waals surface area contributed by atoms with E-state index in [0.717, 1.165) is 31.3 Å². The zero-order valence-electron chi connectivity index (χ0n) is 11.6. The molecule has 4 nitrogen and oxygen atoms in total. The summed E-state index contributed by atoms with van der Waals surface area (Å²) in [6.45, 7) is 5.55. The first-order valence-corrected chi connectivity index (χ1v) is 7.09. The van der Waals surface area contributed by atoms with Gasteiger partial charge in [-0.05, 0) is 25.7 Å². The lowest BCUT2D eigenvalue weighted by atomic mass is 10.1. The largest absolute Gasteiger partial charge is 0.360 e. The highest BCUT2D eigenvalue weighted by Gasteiger charge is 2.13. The number of anilines is 2. The Morgan fingerprint density at radius 2 is 2.00 bits per heavy atom. The Hall–Kier alpha value is -1.32. The predicted molar refractivity (Wildman–Crippen MR) is 76.3 cm³/mol. The molecule has 2 heterocycles. The van der Waals surface area contributed by atoms with E-state index in [1.165, 1.54) is 32.1 Å². The first kappa shape index (κ1) is 13.1. The van der Waals surface area contributed by atoms with E-state index in [1.54, 1.807) is 6.33 Å². The van der Waals surface area contributed by atoms with Gasteiger partial charge in [0.15, 0.2) is 0 Å². The van der Waals surface area contributed by atoms with Crippen molar-refractivity contribution in [2.45, 2.75) is 39.0 Å². The minimum absolute atomic E-state index is 1.04. The summed E-state index contributed by atoms with van der Waals surface area (Å²) in [7, 11) is 2.11. The Bertz CT molecular complexity index is 361. The highest BCUT2D eigenvalue weighted by molar-refractivity contribution is 5.49. The van der Waals surface area contributed by atoms with Crippen molar-refractivity contribution in [2.24, 2.45) is 0 Å². The molecule has 0 amide bonds. The lowest BCUT2D eigenvalue weighted by Crippen LogP contribution is -2.30. The normalized spacial score (nSPS) is 15.8. The number of hydrogen-bond donors (Lipinski definition) is 0. The van der Waals surface area contributed by atoms with Crippen molar-refractivity contribution in [1.29, 1.82) is 0 Å². The molecule has 100 valence electrons. The van der Waals surface area contributed by atoms with Crippen LogP contribution in [-0.4, -0.2) is 36.6 Å². The number of aromatic nitrogens is 2. The molecule has 1 aliphatic heterocycles. The van der Waals surface area contributed by atoms with E-state index < -0.39 is 0 Å². The topological polar surface area (TPSA) is 32.3 Å². The molecule has 0 bridgehead atoms. The van der Waals surface area contributed by atoms with Crippen molar-refractivity contribution < 1.29 is 0 Å². The van der Waals surface area contributed by atoms with Gasteiger partial charge in [-0.1, -0.05) is 13.3 Å². The van der Waals surface area contributed by atoms with Crippen molar-refractivity contribution >= 4 is 11.6 Å². The average molecular weight is 248 g/mol. The molecular weight excluding hydrogens is 224 g/mol. The van der Waals surface area contributed by atoms with Crippen molar-refractivity contribution in [2.75, 3.05) is 36.5 Å². The molecule has 1 aliphatic rings. The molecule has 1 saturated heterocycles. The molecule has 0 N–H and O–H groups in total. The van der Waals surface area contributed by atoms with Crippen LogP contribution in [0.3, 0.4) is 0 Å². The number of piperidine rings is 1. The molecule has 1 aromatic heterocycles. The number of rotatable bonds is 5. The van der Waals surface area contributed by atoms with Gasteiger partial charge in [-0.15, -0.1) is 0 Å². The van der Waals surface area contributed by atoms with Crippen LogP contribution in [0.4, 0.5) is 11.6 Å². The van der Waals surface area contributed by atoms with Gasteiger partial charge in [0, 0.05) is 32.7 Å². The highest BCUT2D eigenvalue weighted by Crippen LogP contribution is 2.20. The maximum Gasteiger partial charge on any atom is 0.134 e. The molecule has 4 heteroatoms. The molecule has 0 atom stereocenters. The Balaban J connectivity index is 2.04. The monoisotopic (exact) mass is 248 g/mol. The lowest BCUT2D eigenvalue weighted by molar-refractivity contribution is 0.573. The van der Waals surface area contributed by atoms with Crippen LogP contribution in [0.15, 0.2) is 12.4 Å². The van der Waals surface area contributed by atoms with Gasteiger partial charge in [0.1, 0.15) is 18.0 Å². The number of nitrogens with zero attached hydrogens (tertiary/aromatic N) is 4. The minimum atomic E-state index is 1.04.